The minimum Gasteiger partial charge on any atom is -0.496 e. The number of nitrogens with zero attached hydrogens (tertiary/aromatic N) is 2. The van der Waals surface area contributed by atoms with E-state index < -0.39 is 12.0 Å². The second-order valence-corrected chi connectivity index (χ2v) is 11.9. The van der Waals surface area contributed by atoms with Crippen molar-refractivity contribution in [2.24, 2.45) is 4.99 Å². The van der Waals surface area contributed by atoms with Gasteiger partial charge in [0.05, 0.1) is 29.5 Å². The molecule has 5 rings (SSSR count). The number of thiazole rings is 1. The number of carbonyl (C=O) groups is 1. The summed E-state index contributed by atoms with van der Waals surface area (Å²) in [5, 5.41) is 0.719. The fourth-order valence-corrected chi connectivity index (χ4v) is 6.71. The van der Waals surface area contributed by atoms with Crippen LogP contribution in [0.1, 0.15) is 44.1 Å². The first kappa shape index (κ1) is 28.2. The highest BCUT2D eigenvalue weighted by atomic mass is 79.9. The number of ether oxygens (including phenoxy) is 2. The Kier molecular flexibility index (Phi) is 8.78. The van der Waals surface area contributed by atoms with Gasteiger partial charge in [-0.25, -0.2) is 9.79 Å². The van der Waals surface area contributed by atoms with Crippen molar-refractivity contribution in [3.05, 3.63) is 107 Å². The number of fused-ring (bicyclic) bond motifs is 1. The normalized spacial score (nSPS) is 15.1. The molecule has 0 aliphatic carbocycles. The molecule has 2 aromatic heterocycles. The van der Waals surface area contributed by atoms with Crippen LogP contribution in [0.3, 0.4) is 0 Å². The second kappa shape index (κ2) is 12.4. The molecule has 0 amide bonds. The fourth-order valence-electron chi connectivity index (χ4n) is 4.53. The van der Waals surface area contributed by atoms with E-state index in [1.54, 1.807) is 24.7 Å². The van der Waals surface area contributed by atoms with E-state index in [2.05, 4.69) is 15.9 Å². The third kappa shape index (κ3) is 5.75. The van der Waals surface area contributed by atoms with Crippen molar-refractivity contribution in [1.82, 2.24) is 4.57 Å². The molecule has 1 atom stereocenters. The number of hydrogen-bond donors (Lipinski definition) is 0. The number of furan rings is 1. The lowest BCUT2D eigenvalue weighted by Crippen LogP contribution is -2.40. The van der Waals surface area contributed by atoms with Crippen LogP contribution in [0.5, 0.6) is 5.75 Å². The van der Waals surface area contributed by atoms with Crippen molar-refractivity contribution in [3.63, 3.8) is 0 Å². The second-order valence-electron chi connectivity index (χ2n) is 8.87. The predicted molar refractivity (Wildman–Crippen MR) is 160 cm³/mol. The molecule has 0 radical (unpaired) electrons. The summed E-state index contributed by atoms with van der Waals surface area (Å²) in [6.45, 7) is 3.99. The van der Waals surface area contributed by atoms with Gasteiger partial charge in [-0.1, -0.05) is 70.6 Å². The molecule has 0 unspecified atom stereocenters. The van der Waals surface area contributed by atoms with E-state index in [1.807, 2.05) is 67.6 Å². The standard InChI is InChI=1S/C30H27BrN2O5S2/c1-4-9-22-26(29(35)37-5-2)27(21-16-18(31)12-14-23(21)36-3)33-28(34)24(40-30(33)32-22)17-19-13-15-25(38-19)39-20-10-7-6-8-11-20/h6-8,10-17,27H,4-5,9H2,1-3H3/b24-17+/t27-/m1/s1. The largest absolute Gasteiger partial charge is 0.496 e. The summed E-state index contributed by atoms with van der Waals surface area (Å²) in [5.41, 5.74) is 1.34. The summed E-state index contributed by atoms with van der Waals surface area (Å²) >= 11 is 6.31. The zero-order chi connectivity index (χ0) is 28.2. The van der Waals surface area contributed by atoms with Gasteiger partial charge in [0, 0.05) is 21.0 Å². The summed E-state index contributed by atoms with van der Waals surface area (Å²) in [6, 6.07) is 18.4. The Balaban J connectivity index is 1.67. The summed E-state index contributed by atoms with van der Waals surface area (Å²) in [4.78, 5) is 33.7. The number of benzene rings is 2. The lowest BCUT2D eigenvalue weighted by atomic mass is 9.93. The van der Waals surface area contributed by atoms with Crippen molar-refractivity contribution in [2.75, 3.05) is 13.7 Å². The third-order valence-corrected chi connectivity index (χ3v) is 8.62. The maximum absolute atomic E-state index is 14.0. The number of hydrogen-bond acceptors (Lipinski definition) is 8. The third-order valence-electron chi connectivity index (χ3n) is 6.22. The molecule has 4 aromatic rings. The average molecular weight is 640 g/mol. The molecule has 0 saturated carbocycles. The van der Waals surface area contributed by atoms with Gasteiger partial charge < -0.3 is 13.9 Å². The highest BCUT2D eigenvalue weighted by Gasteiger charge is 2.36. The van der Waals surface area contributed by atoms with E-state index in [-0.39, 0.29) is 12.2 Å². The minimum atomic E-state index is -0.771. The van der Waals surface area contributed by atoms with Gasteiger partial charge in [0.2, 0.25) is 0 Å². The summed E-state index contributed by atoms with van der Waals surface area (Å²) in [6.07, 6.45) is 3.05. The van der Waals surface area contributed by atoms with Gasteiger partial charge in [0.25, 0.3) is 5.56 Å². The minimum absolute atomic E-state index is 0.205. The van der Waals surface area contributed by atoms with Crippen molar-refractivity contribution in [3.8, 4) is 5.75 Å². The molecule has 40 heavy (non-hydrogen) atoms. The van der Waals surface area contributed by atoms with E-state index in [1.165, 1.54) is 23.1 Å². The monoisotopic (exact) mass is 638 g/mol. The van der Waals surface area contributed by atoms with Crippen LogP contribution in [0.15, 0.2) is 101 Å². The molecular formula is C30H27BrN2O5S2. The van der Waals surface area contributed by atoms with E-state index in [0.717, 1.165) is 20.9 Å². The topological polar surface area (TPSA) is 83.0 Å². The molecule has 1 aliphatic heterocycles. The van der Waals surface area contributed by atoms with Crippen LogP contribution in [-0.4, -0.2) is 24.3 Å². The molecule has 206 valence electrons. The Morgan fingerprint density at radius 1 is 1.18 bits per heavy atom. The first-order valence-electron chi connectivity index (χ1n) is 12.8. The highest BCUT2D eigenvalue weighted by molar-refractivity contribution is 9.10. The van der Waals surface area contributed by atoms with Crippen LogP contribution >= 0.6 is 39.0 Å². The number of rotatable bonds is 9. The van der Waals surface area contributed by atoms with Crippen molar-refractivity contribution in [2.45, 2.75) is 42.7 Å². The van der Waals surface area contributed by atoms with E-state index in [4.69, 9.17) is 18.9 Å². The van der Waals surface area contributed by atoms with Crippen LogP contribution in [0.4, 0.5) is 0 Å². The number of esters is 1. The first-order valence-corrected chi connectivity index (χ1v) is 15.2. The molecule has 0 saturated heterocycles. The maximum Gasteiger partial charge on any atom is 0.338 e. The zero-order valence-corrected chi connectivity index (χ0v) is 25.4. The molecule has 0 fully saturated rings. The van der Waals surface area contributed by atoms with E-state index >= 15 is 0 Å². The van der Waals surface area contributed by atoms with Gasteiger partial charge in [-0.2, -0.15) is 0 Å². The van der Waals surface area contributed by atoms with Crippen LogP contribution in [0.25, 0.3) is 6.08 Å². The summed E-state index contributed by atoms with van der Waals surface area (Å²) in [5.74, 6) is 0.610. The molecule has 0 bridgehead atoms. The molecule has 3 heterocycles. The van der Waals surface area contributed by atoms with Gasteiger partial charge in [-0.15, -0.1) is 0 Å². The van der Waals surface area contributed by atoms with Gasteiger partial charge in [0.1, 0.15) is 17.6 Å². The quantitative estimate of drug-likeness (QED) is 0.206. The van der Waals surface area contributed by atoms with Crippen LogP contribution in [0, 0.1) is 0 Å². The molecular weight excluding hydrogens is 612 g/mol. The van der Waals surface area contributed by atoms with Crippen molar-refractivity contribution >= 4 is 51.1 Å². The Labute approximate surface area is 248 Å². The number of halogens is 1. The number of carbonyl (C=O) groups excluding carboxylic acids is 1. The summed E-state index contributed by atoms with van der Waals surface area (Å²) in [7, 11) is 1.57. The SMILES string of the molecule is CCCC1=C(C(=O)OCC)[C@@H](c2cc(Br)ccc2OC)n2c(s/c(=C/c3ccc(Sc4ccccc4)o3)c2=O)=N1. The predicted octanol–water partition coefficient (Wildman–Crippen LogP) is 6.09. The number of allylic oxidation sites excluding steroid dienone is 1. The van der Waals surface area contributed by atoms with E-state index in [0.29, 0.717) is 44.1 Å². The Bertz CT molecular complexity index is 1750. The van der Waals surface area contributed by atoms with Gasteiger partial charge in [0.15, 0.2) is 9.89 Å². The number of aromatic nitrogens is 1. The molecule has 0 spiro atoms. The Morgan fingerprint density at radius 2 is 1.98 bits per heavy atom. The first-order chi connectivity index (χ1) is 19.4. The molecule has 1 aliphatic rings. The van der Waals surface area contributed by atoms with Gasteiger partial charge >= 0.3 is 5.97 Å². The Morgan fingerprint density at radius 3 is 2.70 bits per heavy atom. The van der Waals surface area contributed by atoms with Gasteiger partial charge in [-0.3, -0.25) is 9.36 Å². The number of methoxy groups -OCH3 is 1. The summed E-state index contributed by atoms with van der Waals surface area (Å²) < 4.78 is 20.0. The molecule has 0 N–H and O–H groups in total. The Hall–Kier alpha value is -3.34. The van der Waals surface area contributed by atoms with Gasteiger partial charge in [-0.05, 0) is 55.8 Å². The van der Waals surface area contributed by atoms with Crippen molar-refractivity contribution < 1.29 is 18.7 Å². The highest BCUT2D eigenvalue weighted by Crippen LogP contribution is 2.38. The molecule has 10 heteroatoms. The smallest absolute Gasteiger partial charge is 0.338 e. The maximum atomic E-state index is 14.0. The van der Waals surface area contributed by atoms with Crippen LogP contribution in [-0.2, 0) is 9.53 Å². The molecule has 2 aromatic carbocycles. The van der Waals surface area contributed by atoms with Crippen LogP contribution in [0.2, 0.25) is 0 Å². The molecule has 7 nitrogen and oxygen atoms in total. The zero-order valence-electron chi connectivity index (χ0n) is 22.2. The lowest BCUT2D eigenvalue weighted by Gasteiger charge is -2.27. The lowest BCUT2D eigenvalue weighted by molar-refractivity contribution is -0.139. The average Bonchev–Trinajstić information content (AvgIpc) is 3.52. The van der Waals surface area contributed by atoms with Crippen LogP contribution < -0.4 is 19.6 Å². The fraction of sp³-hybridized carbons (Fsp3) is 0.233. The van der Waals surface area contributed by atoms with Crippen molar-refractivity contribution in [1.29, 1.82) is 0 Å². The van der Waals surface area contributed by atoms with E-state index in [9.17, 15) is 9.59 Å².